The predicted octanol–water partition coefficient (Wildman–Crippen LogP) is 1.20. The lowest BCUT2D eigenvalue weighted by atomic mass is 10.1. The average molecular weight is 256 g/mol. The number of hydrogen-bond acceptors (Lipinski definition) is 7. The summed E-state index contributed by atoms with van der Waals surface area (Å²) in [6.45, 7) is 3.81. The minimum Gasteiger partial charge on any atom is -0.396 e. The smallest absolute Gasteiger partial charge is 0.226 e. The van der Waals surface area contributed by atoms with Crippen LogP contribution in [0.1, 0.15) is 22.6 Å². The highest BCUT2D eigenvalue weighted by Gasteiger charge is 2.15. The molecule has 19 heavy (non-hydrogen) atoms. The summed E-state index contributed by atoms with van der Waals surface area (Å²) in [5, 5.41) is 7.45. The largest absolute Gasteiger partial charge is 0.396 e. The van der Waals surface area contributed by atoms with Gasteiger partial charge in [-0.2, -0.15) is 0 Å². The van der Waals surface area contributed by atoms with Gasteiger partial charge in [0.25, 0.3) is 0 Å². The molecular weight excluding hydrogens is 244 g/mol. The fourth-order valence-electron chi connectivity index (χ4n) is 1.88. The van der Waals surface area contributed by atoms with E-state index in [2.05, 4.69) is 29.9 Å². The Labute approximate surface area is 108 Å². The zero-order valence-corrected chi connectivity index (χ0v) is 10.6. The normalized spacial score (nSPS) is 11.1. The minimum atomic E-state index is 0.420. The van der Waals surface area contributed by atoms with Crippen molar-refractivity contribution in [3.8, 4) is 0 Å². The van der Waals surface area contributed by atoms with Gasteiger partial charge in [0.1, 0.15) is 5.82 Å². The van der Waals surface area contributed by atoms with Crippen molar-refractivity contribution < 1.29 is 4.63 Å². The number of fused-ring (bicyclic) bond motifs is 1. The summed E-state index contributed by atoms with van der Waals surface area (Å²) in [5.41, 5.74) is 10.2. The van der Waals surface area contributed by atoms with Crippen LogP contribution in [-0.4, -0.2) is 25.3 Å². The van der Waals surface area contributed by atoms with Gasteiger partial charge < -0.3 is 5.73 Å². The van der Waals surface area contributed by atoms with E-state index in [9.17, 15) is 0 Å². The van der Waals surface area contributed by atoms with Crippen molar-refractivity contribution in [1.82, 2.24) is 25.3 Å². The third-order valence-corrected chi connectivity index (χ3v) is 2.93. The summed E-state index contributed by atoms with van der Waals surface area (Å²) in [6.07, 6.45) is 4.06. The van der Waals surface area contributed by atoms with Crippen molar-refractivity contribution in [3.05, 3.63) is 35.0 Å². The van der Waals surface area contributed by atoms with E-state index in [1.165, 1.54) is 0 Å². The average Bonchev–Trinajstić information content (AvgIpc) is 2.85. The Morgan fingerprint density at radius 3 is 2.63 bits per heavy atom. The number of nitrogens with two attached hydrogens (primary N) is 1. The molecule has 0 saturated heterocycles. The minimum absolute atomic E-state index is 0.420. The van der Waals surface area contributed by atoms with Crippen LogP contribution in [0.4, 0.5) is 5.69 Å². The molecule has 3 heterocycles. The standard InChI is InChI=1S/C12H12N6O/c1-6-4-14-9(15-5-6)3-8-7(2)16-12-11(10(8)13)17-19-18-12/h4-5H,3,13H2,1-2H3. The fraction of sp³-hybridized carbons (Fsp3) is 0.250. The molecule has 7 heteroatoms. The molecule has 2 N–H and O–H groups in total. The zero-order valence-electron chi connectivity index (χ0n) is 10.6. The summed E-state index contributed by atoms with van der Waals surface area (Å²) in [4.78, 5) is 12.8. The van der Waals surface area contributed by atoms with Crippen molar-refractivity contribution in [2.24, 2.45) is 0 Å². The topological polar surface area (TPSA) is 104 Å². The highest BCUT2D eigenvalue weighted by molar-refractivity contribution is 5.85. The van der Waals surface area contributed by atoms with Crippen molar-refractivity contribution in [2.45, 2.75) is 20.3 Å². The van der Waals surface area contributed by atoms with Crippen LogP contribution >= 0.6 is 0 Å². The Kier molecular flexibility index (Phi) is 2.59. The van der Waals surface area contributed by atoms with Gasteiger partial charge >= 0.3 is 0 Å². The van der Waals surface area contributed by atoms with Gasteiger partial charge in [-0.3, -0.25) is 0 Å². The molecule has 0 aliphatic rings. The molecule has 0 saturated carbocycles. The number of anilines is 1. The maximum Gasteiger partial charge on any atom is 0.226 e. The first-order valence-electron chi connectivity index (χ1n) is 5.80. The summed E-state index contributed by atoms with van der Waals surface area (Å²) in [7, 11) is 0. The SMILES string of the molecule is Cc1cnc(Cc2c(C)nc3nonc3c2N)nc1. The summed E-state index contributed by atoms with van der Waals surface area (Å²) in [5.74, 6) is 0.693. The van der Waals surface area contributed by atoms with E-state index in [1.54, 1.807) is 12.4 Å². The molecule has 0 bridgehead atoms. The Bertz CT molecular complexity index is 734. The quantitative estimate of drug-likeness (QED) is 0.734. The van der Waals surface area contributed by atoms with Gasteiger partial charge in [0.2, 0.25) is 5.65 Å². The van der Waals surface area contributed by atoms with Crippen LogP contribution in [0, 0.1) is 13.8 Å². The maximum atomic E-state index is 6.08. The summed E-state index contributed by atoms with van der Waals surface area (Å²) < 4.78 is 4.65. The molecule has 0 spiro atoms. The molecule has 3 aromatic heterocycles. The van der Waals surface area contributed by atoms with Crippen molar-refractivity contribution in [2.75, 3.05) is 5.73 Å². The molecule has 0 unspecified atom stereocenters. The molecule has 3 aromatic rings. The van der Waals surface area contributed by atoms with Crippen molar-refractivity contribution in [3.63, 3.8) is 0 Å². The van der Waals surface area contributed by atoms with E-state index in [-0.39, 0.29) is 0 Å². The van der Waals surface area contributed by atoms with E-state index in [1.807, 2.05) is 13.8 Å². The van der Waals surface area contributed by atoms with Crippen LogP contribution in [0.2, 0.25) is 0 Å². The highest BCUT2D eigenvalue weighted by Crippen LogP contribution is 2.24. The van der Waals surface area contributed by atoms with E-state index in [0.717, 1.165) is 16.8 Å². The van der Waals surface area contributed by atoms with Gasteiger partial charge in [-0.1, -0.05) is 0 Å². The van der Waals surface area contributed by atoms with Gasteiger partial charge in [0, 0.05) is 30.1 Å². The van der Waals surface area contributed by atoms with E-state index in [0.29, 0.717) is 29.1 Å². The van der Waals surface area contributed by atoms with Crippen LogP contribution in [0.25, 0.3) is 11.2 Å². The maximum absolute atomic E-state index is 6.08. The first-order valence-corrected chi connectivity index (χ1v) is 5.80. The number of aryl methyl sites for hydroxylation is 2. The van der Waals surface area contributed by atoms with Crippen molar-refractivity contribution in [1.29, 1.82) is 0 Å². The lowest BCUT2D eigenvalue weighted by molar-refractivity contribution is 0.315. The van der Waals surface area contributed by atoms with Crippen LogP contribution in [0.15, 0.2) is 17.0 Å². The zero-order chi connectivity index (χ0) is 13.4. The van der Waals surface area contributed by atoms with Crippen LogP contribution in [0.3, 0.4) is 0 Å². The van der Waals surface area contributed by atoms with E-state index < -0.39 is 0 Å². The molecule has 0 amide bonds. The molecular formula is C12H12N6O. The van der Waals surface area contributed by atoms with Gasteiger partial charge in [0.15, 0.2) is 5.52 Å². The third-order valence-electron chi connectivity index (χ3n) is 2.93. The summed E-state index contributed by atoms with van der Waals surface area (Å²) >= 11 is 0. The van der Waals surface area contributed by atoms with Gasteiger partial charge in [-0.25, -0.2) is 19.6 Å². The van der Waals surface area contributed by atoms with E-state index >= 15 is 0 Å². The Morgan fingerprint density at radius 1 is 1.16 bits per heavy atom. The molecule has 0 aliphatic heterocycles. The first-order chi connectivity index (χ1) is 9.15. The number of rotatable bonds is 2. The lowest BCUT2D eigenvalue weighted by Crippen LogP contribution is -2.05. The van der Waals surface area contributed by atoms with Gasteiger partial charge in [-0.05, 0) is 29.7 Å². The molecule has 96 valence electrons. The predicted molar refractivity (Wildman–Crippen MR) is 68.3 cm³/mol. The van der Waals surface area contributed by atoms with Gasteiger partial charge in [0.05, 0.1) is 5.69 Å². The van der Waals surface area contributed by atoms with Crippen LogP contribution in [0.5, 0.6) is 0 Å². The number of aromatic nitrogens is 5. The monoisotopic (exact) mass is 256 g/mol. The Balaban J connectivity index is 2.06. The second-order valence-electron chi connectivity index (χ2n) is 4.38. The van der Waals surface area contributed by atoms with Crippen LogP contribution < -0.4 is 5.73 Å². The summed E-state index contributed by atoms with van der Waals surface area (Å²) in [6, 6.07) is 0. The lowest BCUT2D eigenvalue weighted by Gasteiger charge is -2.07. The number of hydrogen-bond donors (Lipinski definition) is 1. The number of nitrogens with zero attached hydrogens (tertiary/aromatic N) is 5. The molecule has 3 rings (SSSR count). The Hall–Kier alpha value is -2.57. The Morgan fingerprint density at radius 2 is 1.89 bits per heavy atom. The number of nitrogen functional groups attached to an aromatic ring is 1. The molecule has 0 aromatic carbocycles. The third kappa shape index (κ3) is 1.99. The molecule has 0 aliphatic carbocycles. The molecule has 0 atom stereocenters. The van der Waals surface area contributed by atoms with Crippen molar-refractivity contribution >= 4 is 16.9 Å². The molecule has 0 radical (unpaired) electrons. The molecule has 7 nitrogen and oxygen atoms in total. The second kappa shape index (κ2) is 4.27. The highest BCUT2D eigenvalue weighted by atomic mass is 16.6. The fourth-order valence-corrected chi connectivity index (χ4v) is 1.88. The van der Waals surface area contributed by atoms with Crippen LogP contribution in [-0.2, 0) is 6.42 Å². The second-order valence-corrected chi connectivity index (χ2v) is 4.38. The number of pyridine rings is 1. The molecule has 0 fully saturated rings. The van der Waals surface area contributed by atoms with Gasteiger partial charge in [-0.15, -0.1) is 0 Å². The van der Waals surface area contributed by atoms with E-state index in [4.69, 9.17) is 5.73 Å². The first kappa shape index (κ1) is 11.5.